The lowest BCUT2D eigenvalue weighted by Gasteiger charge is -2.26. The van der Waals surface area contributed by atoms with Crippen molar-refractivity contribution in [2.75, 3.05) is 13.6 Å². The predicted molar refractivity (Wildman–Crippen MR) is 75.0 cm³/mol. The highest BCUT2D eigenvalue weighted by atomic mass is 16.6. The number of aliphatic hydroxyl groups is 1. The van der Waals surface area contributed by atoms with E-state index in [-0.39, 0.29) is 6.54 Å². The number of benzene rings is 1. The summed E-state index contributed by atoms with van der Waals surface area (Å²) in [6.07, 6.45) is -1.14. The zero-order valence-electron chi connectivity index (χ0n) is 12.3. The van der Waals surface area contributed by atoms with Crippen LogP contribution in [-0.4, -0.2) is 35.3 Å². The first-order chi connectivity index (χ1) is 8.70. The zero-order valence-corrected chi connectivity index (χ0v) is 12.3. The van der Waals surface area contributed by atoms with Gasteiger partial charge in [-0.3, -0.25) is 0 Å². The van der Waals surface area contributed by atoms with Crippen LogP contribution in [0.25, 0.3) is 0 Å². The zero-order chi connectivity index (χ0) is 14.6. The van der Waals surface area contributed by atoms with Gasteiger partial charge in [0.25, 0.3) is 0 Å². The van der Waals surface area contributed by atoms with Crippen molar-refractivity contribution in [3.8, 4) is 0 Å². The number of hydrogen-bond donors (Lipinski definition) is 1. The van der Waals surface area contributed by atoms with Gasteiger partial charge in [-0.2, -0.15) is 0 Å². The molecule has 1 N–H and O–H groups in total. The van der Waals surface area contributed by atoms with Gasteiger partial charge in [-0.15, -0.1) is 0 Å². The van der Waals surface area contributed by atoms with Crippen LogP contribution in [0.2, 0.25) is 0 Å². The number of carbonyl (C=O) groups excluding carboxylic acids is 1. The van der Waals surface area contributed by atoms with Gasteiger partial charge in [0.05, 0.1) is 12.6 Å². The lowest BCUT2D eigenvalue weighted by Crippen LogP contribution is -2.36. The second-order valence-corrected chi connectivity index (χ2v) is 5.73. The van der Waals surface area contributed by atoms with Crippen LogP contribution in [0.5, 0.6) is 0 Å². The molecule has 0 radical (unpaired) electrons. The number of aliphatic hydroxyl groups excluding tert-OH is 1. The highest BCUT2D eigenvalue weighted by Crippen LogP contribution is 2.18. The van der Waals surface area contributed by atoms with Crippen molar-refractivity contribution in [3.05, 3.63) is 35.4 Å². The minimum absolute atomic E-state index is 0.208. The van der Waals surface area contributed by atoms with Crippen LogP contribution in [0.4, 0.5) is 4.79 Å². The summed E-state index contributed by atoms with van der Waals surface area (Å²) in [5, 5.41) is 10.2. The van der Waals surface area contributed by atoms with E-state index in [1.165, 1.54) is 4.90 Å². The van der Waals surface area contributed by atoms with Gasteiger partial charge in [-0.1, -0.05) is 24.3 Å². The van der Waals surface area contributed by atoms with E-state index in [2.05, 4.69) is 0 Å². The first kappa shape index (κ1) is 15.5. The van der Waals surface area contributed by atoms with Crippen molar-refractivity contribution < 1.29 is 14.6 Å². The van der Waals surface area contributed by atoms with Crippen LogP contribution in [0.15, 0.2) is 24.3 Å². The molecule has 1 atom stereocenters. The molecule has 106 valence electrons. The summed E-state index contributed by atoms with van der Waals surface area (Å²) >= 11 is 0. The van der Waals surface area contributed by atoms with Crippen LogP contribution in [0.3, 0.4) is 0 Å². The van der Waals surface area contributed by atoms with Gasteiger partial charge in [0.15, 0.2) is 0 Å². The first-order valence-corrected chi connectivity index (χ1v) is 6.38. The molecule has 0 aliphatic rings. The Balaban J connectivity index is 2.64. The summed E-state index contributed by atoms with van der Waals surface area (Å²) < 4.78 is 5.24. The molecular formula is C15H23NO3. The molecule has 4 nitrogen and oxygen atoms in total. The van der Waals surface area contributed by atoms with Gasteiger partial charge in [-0.25, -0.2) is 4.79 Å². The monoisotopic (exact) mass is 265 g/mol. The second-order valence-electron chi connectivity index (χ2n) is 5.73. The molecule has 0 heterocycles. The molecule has 0 aliphatic heterocycles. The molecule has 0 aromatic heterocycles. The number of ether oxygens (including phenoxy) is 1. The van der Waals surface area contributed by atoms with Crippen LogP contribution in [0.1, 0.15) is 38.0 Å². The van der Waals surface area contributed by atoms with E-state index < -0.39 is 17.8 Å². The highest BCUT2D eigenvalue weighted by molar-refractivity contribution is 5.67. The van der Waals surface area contributed by atoms with Gasteiger partial charge in [0.2, 0.25) is 0 Å². The van der Waals surface area contributed by atoms with Crippen LogP contribution in [0, 0.1) is 6.92 Å². The maximum atomic E-state index is 11.8. The third-order valence-electron chi connectivity index (χ3n) is 2.70. The molecule has 1 aromatic rings. The molecule has 1 aromatic carbocycles. The van der Waals surface area contributed by atoms with Gasteiger partial charge >= 0.3 is 6.09 Å². The van der Waals surface area contributed by atoms with Crippen LogP contribution in [-0.2, 0) is 4.74 Å². The Bertz CT molecular complexity index is 437. The SMILES string of the molecule is Cc1ccccc1C(O)CN(C)C(=O)OC(C)(C)C. The number of nitrogens with zero attached hydrogens (tertiary/aromatic N) is 1. The molecule has 0 spiro atoms. The lowest BCUT2D eigenvalue weighted by molar-refractivity contribution is 0.0204. The fraction of sp³-hybridized carbons (Fsp3) is 0.533. The van der Waals surface area contributed by atoms with Crippen molar-refractivity contribution in [1.82, 2.24) is 4.90 Å². The van der Waals surface area contributed by atoms with Gasteiger partial charge < -0.3 is 14.7 Å². The molecule has 19 heavy (non-hydrogen) atoms. The Morgan fingerprint density at radius 1 is 1.37 bits per heavy atom. The maximum Gasteiger partial charge on any atom is 0.410 e. The number of likely N-dealkylation sites (N-methyl/N-ethyl adjacent to an activating group) is 1. The fourth-order valence-electron chi connectivity index (χ4n) is 1.73. The number of rotatable bonds is 3. The Labute approximate surface area is 115 Å². The maximum absolute atomic E-state index is 11.8. The molecule has 0 bridgehead atoms. The van der Waals surface area contributed by atoms with E-state index in [1.807, 2.05) is 52.0 Å². The second kappa shape index (κ2) is 6.06. The van der Waals surface area contributed by atoms with E-state index in [9.17, 15) is 9.90 Å². The van der Waals surface area contributed by atoms with Gasteiger partial charge in [0.1, 0.15) is 5.60 Å². The minimum atomic E-state index is -0.710. The van der Waals surface area contributed by atoms with Gasteiger partial charge in [-0.05, 0) is 38.8 Å². The smallest absolute Gasteiger partial charge is 0.410 e. The lowest BCUT2D eigenvalue weighted by atomic mass is 10.0. The topological polar surface area (TPSA) is 49.8 Å². The van der Waals surface area contributed by atoms with Crippen molar-refractivity contribution >= 4 is 6.09 Å². The Morgan fingerprint density at radius 2 is 1.95 bits per heavy atom. The minimum Gasteiger partial charge on any atom is -0.444 e. The molecule has 4 heteroatoms. The Hall–Kier alpha value is -1.55. The molecule has 0 saturated heterocycles. The standard InChI is InChI=1S/C15H23NO3/c1-11-8-6-7-9-12(11)13(17)10-16(5)14(18)19-15(2,3)4/h6-9,13,17H,10H2,1-5H3. The number of aryl methyl sites for hydroxylation is 1. The average molecular weight is 265 g/mol. The molecule has 0 aliphatic carbocycles. The van der Waals surface area contributed by atoms with Crippen molar-refractivity contribution in [1.29, 1.82) is 0 Å². The van der Waals surface area contributed by atoms with E-state index >= 15 is 0 Å². The summed E-state index contributed by atoms with van der Waals surface area (Å²) in [7, 11) is 1.62. The number of carbonyl (C=O) groups is 1. The summed E-state index contributed by atoms with van der Waals surface area (Å²) in [6.45, 7) is 7.59. The summed E-state index contributed by atoms with van der Waals surface area (Å²) in [6, 6.07) is 7.59. The summed E-state index contributed by atoms with van der Waals surface area (Å²) in [5.41, 5.74) is 1.31. The third-order valence-corrected chi connectivity index (χ3v) is 2.70. The normalized spacial score (nSPS) is 12.9. The third kappa shape index (κ3) is 4.91. The summed E-state index contributed by atoms with van der Waals surface area (Å²) in [4.78, 5) is 13.2. The quantitative estimate of drug-likeness (QED) is 0.914. The number of hydrogen-bond acceptors (Lipinski definition) is 3. The van der Waals surface area contributed by atoms with Crippen LogP contribution < -0.4 is 0 Å². The van der Waals surface area contributed by atoms with E-state index in [1.54, 1.807) is 7.05 Å². The van der Waals surface area contributed by atoms with Gasteiger partial charge in [0, 0.05) is 7.05 Å². The Kier molecular flexibility index (Phi) is 4.95. The van der Waals surface area contributed by atoms with Crippen molar-refractivity contribution in [3.63, 3.8) is 0 Å². The molecule has 0 saturated carbocycles. The van der Waals surface area contributed by atoms with E-state index in [0.29, 0.717) is 0 Å². The predicted octanol–water partition coefficient (Wildman–Crippen LogP) is 2.90. The molecule has 1 rings (SSSR count). The average Bonchev–Trinajstić information content (AvgIpc) is 2.27. The highest BCUT2D eigenvalue weighted by Gasteiger charge is 2.22. The van der Waals surface area contributed by atoms with Crippen molar-refractivity contribution in [2.24, 2.45) is 0 Å². The van der Waals surface area contributed by atoms with E-state index in [0.717, 1.165) is 11.1 Å². The summed E-state index contributed by atoms with van der Waals surface area (Å²) in [5.74, 6) is 0. The van der Waals surface area contributed by atoms with Crippen molar-refractivity contribution in [2.45, 2.75) is 39.4 Å². The first-order valence-electron chi connectivity index (χ1n) is 6.38. The molecular weight excluding hydrogens is 242 g/mol. The van der Waals surface area contributed by atoms with Crippen LogP contribution >= 0.6 is 0 Å². The van der Waals surface area contributed by atoms with E-state index in [4.69, 9.17) is 4.74 Å². The largest absolute Gasteiger partial charge is 0.444 e. The fourth-order valence-corrected chi connectivity index (χ4v) is 1.73. The number of amides is 1. The molecule has 1 unspecified atom stereocenters. The molecule has 1 amide bonds. The Morgan fingerprint density at radius 3 is 2.47 bits per heavy atom. The molecule has 0 fully saturated rings.